The van der Waals surface area contributed by atoms with Crippen molar-refractivity contribution >= 4 is 98.6 Å². The number of fused-ring (bicyclic) bond motifs is 40. The van der Waals surface area contributed by atoms with Crippen molar-refractivity contribution in [3.8, 4) is 90.1 Å². The van der Waals surface area contributed by atoms with Crippen molar-refractivity contribution in [1.82, 2.24) is 39.9 Å². The third kappa shape index (κ3) is 6.63. The number of rotatable bonds is 2. The van der Waals surface area contributed by atoms with Gasteiger partial charge in [-0.25, -0.2) is 19.9 Å². The monoisotopic (exact) mass is 1050 g/mol. The molecule has 0 aliphatic carbocycles. The number of nitrogens with zero attached hydrogens (tertiary/aromatic N) is 6. The Bertz CT molecular complexity index is 5210. The van der Waals surface area contributed by atoms with Crippen LogP contribution in [0.4, 0.5) is 11.4 Å². The summed E-state index contributed by atoms with van der Waals surface area (Å²) in [5.41, 5.74) is 22.8. The van der Waals surface area contributed by atoms with Crippen LogP contribution >= 0.6 is 0 Å². The average molecular weight is 1050 g/mol. The van der Waals surface area contributed by atoms with E-state index >= 15 is 0 Å². The Morgan fingerprint density at radius 3 is 0.744 bits per heavy atom. The van der Waals surface area contributed by atoms with Gasteiger partial charge in [-0.2, -0.15) is 0 Å². The van der Waals surface area contributed by atoms with Gasteiger partial charge < -0.3 is 19.9 Å². The summed E-state index contributed by atoms with van der Waals surface area (Å²) in [6.07, 6.45) is 0. The van der Waals surface area contributed by atoms with Gasteiger partial charge in [0.15, 0.2) is 0 Å². The lowest BCUT2D eigenvalue weighted by molar-refractivity contribution is 1.22. The first kappa shape index (κ1) is 44.6. The zero-order valence-electron chi connectivity index (χ0n) is 43.6. The SMILES string of the molecule is c1ccc2c(c1)-c1cc3[nH]c(cc4nc(c(N=Nc5c6nc(cc7[nH]c(cc8nc(cc9[nH]c5c5ccccc95)-c5ccccc5-8)c5ccccc75)-c5ccccc5-6)c5[nH]c(cc-2n1)c1ccccc51)-c1ccccc1-4)c1ccccc31. The van der Waals surface area contributed by atoms with Crippen molar-refractivity contribution < 1.29 is 0 Å². The van der Waals surface area contributed by atoms with Gasteiger partial charge in [-0.15, -0.1) is 10.2 Å². The van der Waals surface area contributed by atoms with Crippen LogP contribution in [0.2, 0.25) is 0 Å². The Morgan fingerprint density at radius 2 is 0.439 bits per heavy atom. The first-order valence-corrected chi connectivity index (χ1v) is 27.5. The van der Waals surface area contributed by atoms with Crippen LogP contribution in [0, 0.1) is 0 Å². The maximum absolute atomic E-state index is 5.64. The molecule has 0 saturated carbocycles. The van der Waals surface area contributed by atoms with E-state index in [2.05, 4.69) is 250 Å². The first-order chi connectivity index (χ1) is 40.6. The number of H-pyrrole nitrogens is 4. The van der Waals surface area contributed by atoms with Crippen LogP contribution in [-0.4, -0.2) is 39.9 Å². The molecule has 14 aromatic rings. The van der Waals surface area contributed by atoms with Gasteiger partial charge in [0.2, 0.25) is 0 Å². The molecular formula is C72H42N10. The second kappa shape index (κ2) is 17.1. The number of benzene rings is 8. The summed E-state index contributed by atoms with van der Waals surface area (Å²) in [5, 5.41) is 19.5. The molecule has 10 nitrogen and oxygen atoms in total. The van der Waals surface area contributed by atoms with E-state index in [4.69, 9.17) is 30.2 Å². The van der Waals surface area contributed by atoms with Crippen LogP contribution in [0.5, 0.6) is 0 Å². The molecule has 0 amide bonds. The van der Waals surface area contributed by atoms with Crippen LogP contribution in [0.15, 0.2) is 241 Å². The van der Waals surface area contributed by atoms with E-state index in [1.807, 2.05) is 0 Å². The molecule has 0 saturated heterocycles. The summed E-state index contributed by atoms with van der Waals surface area (Å²) in [5.74, 6) is 0. The number of azo groups is 1. The van der Waals surface area contributed by atoms with Crippen LogP contribution in [0.3, 0.4) is 0 Å². The number of hydrogen-bond donors (Lipinski definition) is 4. The highest BCUT2D eigenvalue weighted by Crippen LogP contribution is 2.49. The van der Waals surface area contributed by atoms with E-state index in [0.717, 1.165) is 166 Å². The van der Waals surface area contributed by atoms with Crippen molar-refractivity contribution in [2.75, 3.05) is 0 Å². The lowest BCUT2D eigenvalue weighted by Gasteiger charge is -2.04. The third-order valence-electron chi connectivity index (χ3n) is 16.7. The Hall–Kier alpha value is -11.4. The lowest BCUT2D eigenvalue weighted by atomic mass is 10.0. The van der Waals surface area contributed by atoms with Gasteiger partial charge >= 0.3 is 0 Å². The molecule has 0 radical (unpaired) electrons. The predicted molar refractivity (Wildman–Crippen MR) is 334 cm³/mol. The summed E-state index contributed by atoms with van der Waals surface area (Å²) in [7, 11) is 0. The van der Waals surface area contributed by atoms with Crippen LogP contribution in [-0.2, 0) is 0 Å². The standard InChI is InChI=1S/C72H42N10/c1-5-21-43-39(17-1)55-33-56-40-18-2-6-22-44(40)60(74-56)36-64-48-26-10-14-30-52(48)68(78-64)71(67-51-29-13-9-25-47(51)63(77-67)35-59(43)73-55)81-82-72-69-53-31-15-11-27-49(53)65(79-69)37-61-45-23-7-3-19-41(45)57(75-61)34-58-42-20-4-8-24-46(42)62(76-58)38-66-50-28-12-16-32-54(50)70(72)80-66/h1-38,73,75,78,80H. The minimum absolute atomic E-state index is 0.566. The summed E-state index contributed by atoms with van der Waals surface area (Å²) in [6, 6.07) is 80.8. The maximum Gasteiger partial charge on any atom is 0.136 e. The molecule has 6 aromatic heterocycles. The van der Waals surface area contributed by atoms with Crippen molar-refractivity contribution in [3.63, 3.8) is 0 Å². The van der Waals surface area contributed by atoms with Crippen LogP contribution in [0.1, 0.15) is 0 Å². The fraction of sp³-hybridized carbons (Fsp3) is 0. The molecule has 4 aliphatic rings. The Balaban J connectivity index is 1.01. The molecule has 0 spiro atoms. The van der Waals surface area contributed by atoms with Crippen LogP contribution in [0.25, 0.3) is 177 Å². The van der Waals surface area contributed by atoms with Gasteiger partial charge in [-0.1, -0.05) is 194 Å². The van der Waals surface area contributed by atoms with Gasteiger partial charge in [0.25, 0.3) is 0 Å². The molecule has 16 bridgehead atoms. The van der Waals surface area contributed by atoms with Crippen molar-refractivity contribution in [1.29, 1.82) is 0 Å². The maximum atomic E-state index is 5.64. The van der Waals surface area contributed by atoms with E-state index in [-0.39, 0.29) is 0 Å². The van der Waals surface area contributed by atoms with E-state index in [1.54, 1.807) is 0 Å². The summed E-state index contributed by atoms with van der Waals surface area (Å²) >= 11 is 0. The molecular weight excluding hydrogens is 1000 g/mol. The van der Waals surface area contributed by atoms with E-state index in [9.17, 15) is 0 Å². The molecule has 18 rings (SSSR count). The molecule has 10 heteroatoms. The van der Waals surface area contributed by atoms with Gasteiger partial charge in [0.1, 0.15) is 22.8 Å². The van der Waals surface area contributed by atoms with Crippen LogP contribution < -0.4 is 0 Å². The number of hydrogen-bond acceptors (Lipinski definition) is 6. The molecule has 4 aliphatic heterocycles. The molecule has 10 heterocycles. The summed E-state index contributed by atoms with van der Waals surface area (Å²) < 4.78 is 0. The van der Waals surface area contributed by atoms with Crippen molar-refractivity contribution in [2.45, 2.75) is 0 Å². The Kier molecular flexibility index (Phi) is 9.29. The van der Waals surface area contributed by atoms with Gasteiger partial charge in [0, 0.05) is 121 Å². The smallest absolute Gasteiger partial charge is 0.136 e. The summed E-state index contributed by atoms with van der Waals surface area (Å²) in [4.78, 5) is 37.5. The molecule has 0 unspecified atom stereocenters. The number of aromatic amines is 4. The highest BCUT2D eigenvalue weighted by atomic mass is 15.1. The van der Waals surface area contributed by atoms with E-state index in [0.29, 0.717) is 22.8 Å². The zero-order valence-corrected chi connectivity index (χ0v) is 43.6. The Morgan fingerprint density at radius 1 is 0.220 bits per heavy atom. The molecule has 0 fully saturated rings. The predicted octanol–water partition coefficient (Wildman–Crippen LogP) is 19.3. The normalized spacial score (nSPS) is 12.3. The third-order valence-corrected chi connectivity index (χ3v) is 16.7. The quantitative estimate of drug-likeness (QED) is 0.128. The largest absolute Gasteiger partial charge is 0.354 e. The van der Waals surface area contributed by atoms with Gasteiger partial charge in [-0.05, 0) is 36.4 Å². The van der Waals surface area contributed by atoms with Gasteiger partial charge in [0.05, 0.1) is 45.2 Å². The molecule has 0 atom stereocenters. The summed E-state index contributed by atoms with van der Waals surface area (Å²) in [6.45, 7) is 0. The fourth-order valence-corrected chi connectivity index (χ4v) is 13.0. The van der Waals surface area contributed by atoms with E-state index in [1.165, 1.54) is 0 Å². The first-order valence-electron chi connectivity index (χ1n) is 27.5. The minimum Gasteiger partial charge on any atom is -0.354 e. The molecule has 4 N–H and O–H groups in total. The van der Waals surface area contributed by atoms with Gasteiger partial charge in [-0.3, -0.25) is 0 Å². The second-order valence-electron chi connectivity index (χ2n) is 21.3. The molecule has 82 heavy (non-hydrogen) atoms. The average Bonchev–Trinajstić information content (AvgIpc) is 4.45. The van der Waals surface area contributed by atoms with Crippen molar-refractivity contribution in [3.05, 3.63) is 231 Å². The van der Waals surface area contributed by atoms with Crippen molar-refractivity contribution in [2.24, 2.45) is 10.2 Å². The minimum atomic E-state index is 0.566. The number of nitrogens with one attached hydrogen (secondary N) is 4. The highest BCUT2D eigenvalue weighted by molar-refractivity contribution is 6.16. The topological polar surface area (TPSA) is 139 Å². The second-order valence-corrected chi connectivity index (χ2v) is 21.3. The Labute approximate surface area is 466 Å². The lowest BCUT2D eigenvalue weighted by Crippen LogP contribution is -1.80. The highest BCUT2D eigenvalue weighted by Gasteiger charge is 2.26. The fourth-order valence-electron chi connectivity index (χ4n) is 13.0. The molecule has 8 aromatic carbocycles. The molecule has 380 valence electrons. The van der Waals surface area contributed by atoms with E-state index < -0.39 is 0 Å². The number of aromatic nitrogens is 8. The zero-order chi connectivity index (χ0) is 53.6.